The summed E-state index contributed by atoms with van der Waals surface area (Å²) in [6.07, 6.45) is 0. The molecule has 0 amide bonds. The maximum atomic E-state index is 11.2. The zero-order valence-corrected chi connectivity index (χ0v) is 9.60. The highest BCUT2D eigenvalue weighted by Gasteiger charge is 2.03. The first-order valence-electron chi connectivity index (χ1n) is 4.84. The summed E-state index contributed by atoms with van der Waals surface area (Å²) >= 11 is 1.75. The summed E-state index contributed by atoms with van der Waals surface area (Å²) in [7, 11) is 0. The maximum absolute atomic E-state index is 11.2. The monoisotopic (exact) mass is 216 g/mol. The summed E-state index contributed by atoms with van der Waals surface area (Å²) in [5.41, 5.74) is 1.90. The van der Waals surface area contributed by atoms with Gasteiger partial charge in [0.1, 0.15) is 0 Å². The largest absolute Gasteiger partial charge is 0.295 e. The molecule has 0 aliphatic rings. The second-order valence-corrected chi connectivity index (χ2v) is 4.84. The molecule has 0 saturated carbocycles. The van der Waals surface area contributed by atoms with Crippen LogP contribution in [0.15, 0.2) is 36.4 Å². The van der Waals surface area contributed by atoms with Crippen molar-refractivity contribution in [2.45, 2.75) is 13.8 Å². The number of aryl methyl sites for hydroxylation is 1. The lowest BCUT2D eigenvalue weighted by atomic mass is 10.1. The van der Waals surface area contributed by atoms with Crippen LogP contribution in [-0.2, 0) is 0 Å². The van der Waals surface area contributed by atoms with Crippen molar-refractivity contribution < 1.29 is 4.79 Å². The Kier molecular flexibility index (Phi) is 2.69. The SMILES string of the molecule is CC(=O)c1cccc(-c2ccc(C)s2)c1. The van der Waals surface area contributed by atoms with Gasteiger partial charge in [0.05, 0.1) is 0 Å². The van der Waals surface area contributed by atoms with Crippen molar-refractivity contribution in [3.8, 4) is 10.4 Å². The van der Waals surface area contributed by atoms with Crippen LogP contribution < -0.4 is 0 Å². The van der Waals surface area contributed by atoms with Crippen molar-refractivity contribution >= 4 is 17.1 Å². The highest BCUT2D eigenvalue weighted by Crippen LogP contribution is 2.28. The van der Waals surface area contributed by atoms with Crippen LogP contribution in [0, 0.1) is 6.92 Å². The predicted octanol–water partition coefficient (Wildman–Crippen LogP) is 3.93. The van der Waals surface area contributed by atoms with E-state index in [9.17, 15) is 4.79 Å². The summed E-state index contributed by atoms with van der Waals surface area (Å²) in [6, 6.07) is 12.0. The zero-order valence-electron chi connectivity index (χ0n) is 8.78. The van der Waals surface area contributed by atoms with E-state index in [1.165, 1.54) is 9.75 Å². The molecule has 2 heteroatoms. The first-order chi connectivity index (χ1) is 7.16. The molecule has 1 heterocycles. The van der Waals surface area contributed by atoms with Gasteiger partial charge in [-0.25, -0.2) is 0 Å². The Labute approximate surface area is 93.4 Å². The molecular weight excluding hydrogens is 204 g/mol. The van der Waals surface area contributed by atoms with Gasteiger partial charge in [0.25, 0.3) is 0 Å². The molecule has 0 bridgehead atoms. The summed E-state index contributed by atoms with van der Waals surface area (Å²) < 4.78 is 0. The number of carbonyl (C=O) groups excluding carboxylic acids is 1. The molecule has 15 heavy (non-hydrogen) atoms. The van der Waals surface area contributed by atoms with Crippen LogP contribution in [0.3, 0.4) is 0 Å². The van der Waals surface area contributed by atoms with E-state index in [4.69, 9.17) is 0 Å². The normalized spacial score (nSPS) is 10.3. The van der Waals surface area contributed by atoms with Crippen LogP contribution >= 0.6 is 11.3 Å². The fourth-order valence-corrected chi connectivity index (χ4v) is 2.34. The zero-order chi connectivity index (χ0) is 10.8. The van der Waals surface area contributed by atoms with E-state index in [0.29, 0.717) is 0 Å². The molecule has 0 radical (unpaired) electrons. The van der Waals surface area contributed by atoms with Gasteiger partial charge in [-0.2, -0.15) is 0 Å². The Morgan fingerprint density at radius 1 is 1.20 bits per heavy atom. The highest BCUT2D eigenvalue weighted by atomic mass is 32.1. The molecule has 2 rings (SSSR count). The van der Waals surface area contributed by atoms with E-state index in [2.05, 4.69) is 19.1 Å². The van der Waals surface area contributed by atoms with Crippen LogP contribution in [0.25, 0.3) is 10.4 Å². The molecule has 1 aromatic carbocycles. The van der Waals surface area contributed by atoms with Crippen LogP contribution in [0.4, 0.5) is 0 Å². The third kappa shape index (κ3) is 2.16. The third-order valence-corrected chi connectivity index (χ3v) is 3.34. The molecule has 0 atom stereocenters. The Morgan fingerprint density at radius 2 is 2.00 bits per heavy atom. The molecule has 0 aliphatic carbocycles. The molecule has 0 fully saturated rings. The van der Waals surface area contributed by atoms with E-state index in [1.807, 2.05) is 24.3 Å². The maximum Gasteiger partial charge on any atom is 0.159 e. The van der Waals surface area contributed by atoms with Gasteiger partial charge in [-0.1, -0.05) is 18.2 Å². The standard InChI is InChI=1S/C13H12OS/c1-9-6-7-13(15-9)12-5-3-4-11(8-12)10(2)14/h3-8H,1-2H3. The molecule has 0 spiro atoms. The fourth-order valence-electron chi connectivity index (χ4n) is 1.48. The lowest BCUT2D eigenvalue weighted by Gasteiger charge is -1.99. The quantitative estimate of drug-likeness (QED) is 0.695. The number of rotatable bonds is 2. The molecule has 2 aromatic rings. The average molecular weight is 216 g/mol. The van der Waals surface area contributed by atoms with Crippen molar-refractivity contribution in [3.05, 3.63) is 46.8 Å². The van der Waals surface area contributed by atoms with Gasteiger partial charge in [0, 0.05) is 15.3 Å². The van der Waals surface area contributed by atoms with Gasteiger partial charge >= 0.3 is 0 Å². The molecular formula is C13H12OS. The Bertz CT molecular complexity index is 497. The number of Topliss-reactive ketones (excluding diaryl/α,β-unsaturated/α-hetero) is 1. The van der Waals surface area contributed by atoms with E-state index >= 15 is 0 Å². The number of benzene rings is 1. The average Bonchev–Trinajstić information content (AvgIpc) is 2.65. The molecule has 0 saturated heterocycles. The summed E-state index contributed by atoms with van der Waals surface area (Å²) in [5, 5.41) is 0. The summed E-state index contributed by atoms with van der Waals surface area (Å²) in [5.74, 6) is 0.116. The number of ketones is 1. The van der Waals surface area contributed by atoms with Crippen LogP contribution in [-0.4, -0.2) is 5.78 Å². The van der Waals surface area contributed by atoms with E-state index in [-0.39, 0.29) is 5.78 Å². The van der Waals surface area contributed by atoms with Crippen LogP contribution in [0.2, 0.25) is 0 Å². The van der Waals surface area contributed by atoms with Crippen molar-refractivity contribution in [2.75, 3.05) is 0 Å². The second-order valence-electron chi connectivity index (χ2n) is 3.55. The minimum atomic E-state index is 0.116. The van der Waals surface area contributed by atoms with Crippen molar-refractivity contribution in [1.29, 1.82) is 0 Å². The second kappa shape index (κ2) is 3.99. The molecule has 1 nitrogen and oxygen atoms in total. The Morgan fingerprint density at radius 3 is 2.60 bits per heavy atom. The van der Waals surface area contributed by atoms with E-state index in [0.717, 1.165) is 11.1 Å². The predicted molar refractivity (Wildman–Crippen MR) is 64.5 cm³/mol. The minimum absolute atomic E-state index is 0.116. The van der Waals surface area contributed by atoms with Gasteiger partial charge in [-0.15, -0.1) is 11.3 Å². The topological polar surface area (TPSA) is 17.1 Å². The van der Waals surface area contributed by atoms with Crippen molar-refractivity contribution in [1.82, 2.24) is 0 Å². The molecule has 0 aliphatic heterocycles. The molecule has 1 aromatic heterocycles. The van der Waals surface area contributed by atoms with Gasteiger partial charge in [-0.3, -0.25) is 4.79 Å². The summed E-state index contributed by atoms with van der Waals surface area (Å²) in [6.45, 7) is 3.68. The van der Waals surface area contributed by atoms with Crippen molar-refractivity contribution in [2.24, 2.45) is 0 Å². The highest BCUT2D eigenvalue weighted by molar-refractivity contribution is 7.15. The van der Waals surface area contributed by atoms with Gasteiger partial charge in [-0.05, 0) is 37.6 Å². The van der Waals surface area contributed by atoms with Crippen LogP contribution in [0.5, 0.6) is 0 Å². The Balaban J connectivity index is 2.45. The lowest BCUT2D eigenvalue weighted by Crippen LogP contribution is -1.90. The van der Waals surface area contributed by atoms with E-state index < -0.39 is 0 Å². The smallest absolute Gasteiger partial charge is 0.159 e. The summed E-state index contributed by atoms with van der Waals surface area (Å²) in [4.78, 5) is 13.7. The minimum Gasteiger partial charge on any atom is -0.295 e. The number of hydrogen-bond donors (Lipinski definition) is 0. The number of carbonyl (C=O) groups is 1. The van der Waals surface area contributed by atoms with Gasteiger partial charge in [0.15, 0.2) is 5.78 Å². The van der Waals surface area contributed by atoms with Crippen molar-refractivity contribution in [3.63, 3.8) is 0 Å². The van der Waals surface area contributed by atoms with Crippen LogP contribution in [0.1, 0.15) is 22.2 Å². The van der Waals surface area contributed by atoms with Gasteiger partial charge < -0.3 is 0 Å². The van der Waals surface area contributed by atoms with Gasteiger partial charge in [0.2, 0.25) is 0 Å². The molecule has 0 unspecified atom stereocenters. The first-order valence-corrected chi connectivity index (χ1v) is 5.66. The van der Waals surface area contributed by atoms with E-state index in [1.54, 1.807) is 18.3 Å². The number of thiophene rings is 1. The Hall–Kier alpha value is -1.41. The molecule has 0 N–H and O–H groups in total. The lowest BCUT2D eigenvalue weighted by molar-refractivity contribution is 0.101. The third-order valence-electron chi connectivity index (χ3n) is 2.29. The first kappa shape index (κ1) is 10.1. The fraction of sp³-hybridized carbons (Fsp3) is 0.154. The number of hydrogen-bond acceptors (Lipinski definition) is 2. The molecule has 76 valence electrons.